The monoisotopic (exact) mass is 143 g/mol. The van der Waals surface area contributed by atoms with Crippen LogP contribution in [-0.4, -0.2) is 20.5 Å². The first-order valence-corrected chi connectivity index (χ1v) is 3.35. The Morgan fingerprint density at radius 3 is 2.30 bits per heavy atom. The summed E-state index contributed by atoms with van der Waals surface area (Å²) in [7, 11) is 3.25. The molecule has 0 aliphatic heterocycles. The summed E-state index contributed by atoms with van der Waals surface area (Å²) in [6.45, 7) is 1.99. The quantitative estimate of drug-likeness (QED) is 0.431. The van der Waals surface area contributed by atoms with E-state index in [-0.39, 0.29) is 6.29 Å². The molecule has 0 amide bonds. The Morgan fingerprint density at radius 1 is 1.30 bits per heavy atom. The Bertz CT molecular complexity index is 85.3. The number of hydrogen-bond acceptors (Lipinski definition) is 2. The van der Waals surface area contributed by atoms with Gasteiger partial charge in [0.1, 0.15) is 0 Å². The molecule has 10 heavy (non-hydrogen) atoms. The minimum Gasteiger partial charge on any atom is -0.356 e. The van der Waals surface area contributed by atoms with E-state index in [9.17, 15) is 0 Å². The number of allylic oxidation sites excluding steroid dienone is 2. The summed E-state index contributed by atoms with van der Waals surface area (Å²) in [6, 6.07) is 0. The van der Waals surface area contributed by atoms with E-state index in [1.807, 2.05) is 25.5 Å². The standard InChI is InChI=1S/C8H15O2/c1-4-5-6-7-8(9-2)10-3/h4-5,7-8H,6H2,1-3H3. The molecule has 0 saturated heterocycles. The topological polar surface area (TPSA) is 18.5 Å². The predicted octanol–water partition coefficient (Wildman–Crippen LogP) is 1.78. The van der Waals surface area contributed by atoms with Crippen molar-refractivity contribution >= 4 is 0 Å². The second-order valence-corrected chi connectivity index (χ2v) is 1.88. The summed E-state index contributed by atoms with van der Waals surface area (Å²) < 4.78 is 9.87. The Morgan fingerprint density at radius 2 is 1.90 bits per heavy atom. The molecule has 0 aliphatic carbocycles. The molecule has 59 valence electrons. The first kappa shape index (κ1) is 9.66. The van der Waals surface area contributed by atoms with Crippen LogP contribution in [0.4, 0.5) is 0 Å². The maximum atomic E-state index is 4.93. The Kier molecular flexibility index (Phi) is 6.55. The predicted molar refractivity (Wildman–Crippen MR) is 41.5 cm³/mol. The summed E-state index contributed by atoms with van der Waals surface area (Å²) in [5.41, 5.74) is 0. The van der Waals surface area contributed by atoms with Crippen LogP contribution < -0.4 is 0 Å². The highest BCUT2D eigenvalue weighted by atomic mass is 16.7. The van der Waals surface area contributed by atoms with Crippen LogP contribution in [0.5, 0.6) is 0 Å². The molecule has 0 spiro atoms. The molecule has 0 fully saturated rings. The molecule has 0 aromatic carbocycles. The number of rotatable bonds is 5. The highest BCUT2D eigenvalue weighted by molar-refractivity contribution is 4.85. The molecule has 0 unspecified atom stereocenters. The van der Waals surface area contributed by atoms with Gasteiger partial charge in [0.15, 0.2) is 6.29 Å². The van der Waals surface area contributed by atoms with Gasteiger partial charge in [0.05, 0.1) is 0 Å². The van der Waals surface area contributed by atoms with E-state index in [1.165, 1.54) is 0 Å². The second-order valence-electron chi connectivity index (χ2n) is 1.88. The lowest BCUT2D eigenvalue weighted by Crippen LogP contribution is -2.12. The summed E-state index contributed by atoms with van der Waals surface area (Å²) >= 11 is 0. The molecule has 0 aromatic heterocycles. The van der Waals surface area contributed by atoms with Gasteiger partial charge in [0.25, 0.3) is 0 Å². The number of methoxy groups -OCH3 is 2. The van der Waals surface area contributed by atoms with E-state index < -0.39 is 0 Å². The molecule has 2 nitrogen and oxygen atoms in total. The van der Waals surface area contributed by atoms with Crippen molar-refractivity contribution in [3.05, 3.63) is 18.6 Å². The van der Waals surface area contributed by atoms with Gasteiger partial charge in [-0.25, -0.2) is 0 Å². The zero-order chi connectivity index (χ0) is 7.82. The van der Waals surface area contributed by atoms with Gasteiger partial charge >= 0.3 is 0 Å². The van der Waals surface area contributed by atoms with E-state index in [2.05, 4.69) is 0 Å². The fourth-order valence-corrected chi connectivity index (χ4v) is 0.614. The fourth-order valence-electron chi connectivity index (χ4n) is 0.614. The van der Waals surface area contributed by atoms with Crippen molar-refractivity contribution in [2.75, 3.05) is 14.2 Å². The summed E-state index contributed by atoms with van der Waals surface area (Å²) in [5, 5.41) is 0. The van der Waals surface area contributed by atoms with Crippen LogP contribution in [0, 0.1) is 6.42 Å². The highest BCUT2D eigenvalue weighted by Gasteiger charge is 2.01. The maximum Gasteiger partial charge on any atom is 0.160 e. The Balaban J connectivity index is 3.25. The zero-order valence-corrected chi connectivity index (χ0v) is 6.83. The lowest BCUT2D eigenvalue weighted by Gasteiger charge is -2.10. The van der Waals surface area contributed by atoms with E-state index in [0.717, 1.165) is 6.42 Å². The van der Waals surface area contributed by atoms with Gasteiger partial charge in [-0.05, 0) is 13.3 Å². The average molecular weight is 143 g/mol. The van der Waals surface area contributed by atoms with E-state index in [0.29, 0.717) is 0 Å². The molecule has 1 radical (unpaired) electrons. The molecular formula is C8H15O2. The van der Waals surface area contributed by atoms with Gasteiger partial charge in [0.2, 0.25) is 0 Å². The minimum atomic E-state index is -0.170. The SMILES string of the molecule is CC=CC[CH]C(OC)OC. The molecule has 0 heterocycles. The largest absolute Gasteiger partial charge is 0.356 e. The Labute approximate surface area is 62.8 Å². The molecular weight excluding hydrogens is 128 g/mol. The Hall–Kier alpha value is -0.340. The van der Waals surface area contributed by atoms with Crippen molar-refractivity contribution in [1.29, 1.82) is 0 Å². The molecule has 0 aliphatic rings. The van der Waals surface area contributed by atoms with E-state index in [4.69, 9.17) is 9.47 Å². The van der Waals surface area contributed by atoms with Crippen molar-refractivity contribution in [3.63, 3.8) is 0 Å². The van der Waals surface area contributed by atoms with Crippen LogP contribution in [0.1, 0.15) is 13.3 Å². The van der Waals surface area contributed by atoms with Crippen molar-refractivity contribution in [1.82, 2.24) is 0 Å². The van der Waals surface area contributed by atoms with Crippen LogP contribution >= 0.6 is 0 Å². The van der Waals surface area contributed by atoms with Gasteiger partial charge in [-0.1, -0.05) is 12.2 Å². The van der Waals surface area contributed by atoms with E-state index in [1.54, 1.807) is 14.2 Å². The third kappa shape index (κ3) is 4.53. The van der Waals surface area contributed by atoms with Crippen LogP contribution in [0.25, 0.3) is 0 Å². The average Bonchev–Trinajstić information content (AvgIpc) is 1.99. The summed E-state index contributed by atoms with van der Waals surface area (Å²) in [4.78, 5) is 0. The van der Waals surface area contributed by atoms with Crippen molar-refractivity contribution in [2.45, 2.75) is 19.6 Å². The van der Waals surface area contributed by atoms with Gasteiger partial charge < -0.3 is 9.47 Å². The summed E-state index contributed by atoms with van der Waals surface area (Å²) in [5.74, 6) is 0. The van der Waals surface area contributed by atoms with Crippen LogP contribution in [0.3, 0.4) is 0 Å². The molecule has 0 N–H and O–H groups in total. The van der Waals surface area contributed by atoms with Crippen LogP contribution in [0.2, 0.25) is 0 Å². The fraction of sp³-hybridized carbons (Fsp3) is 0.625. The number of ether oxygens (including phenoxy) is 2. The second kappa shape index (κ2) is 6.78. The smallest absolute Gasteiger partial charge is 0.160 e. The molecule has 0 atom stereocenters. The molecule has 0 bridgehead atoms. The first-order chi connectivity index (χ1) is 4.85. The van der Waals surface area contributed by atoms with Gasteiger partial charge in [-0.3, -0.25) is 0 Å². The van der Waals surface area contributed by atoms with Crippen molar-refractivity contribution < 1.29 is 9.47 Å². The highest BCUT2D eigenvalue weighted by Crippen LogP contribution is 2.00. The normalized spacial score (nSPS) is 11.6. The molecule has 0 rings (SSSR count). The van der Waals surface area contributed by atoms with Gasteiger partial charge in [-0.15, -0.1) is 0 Å². The lowest BCUT2D eigenvalue weighted by atomic mass is 10.3. The van der Waals surface area contributed by atoms with Crippen LogP contribution in [0.15, 0.2) is 12.2 Å². The molecule has 0 aromatic rings. The minimum absolute atomic E-state index is 0.170. The molecule has 2 heteroatoms. The maximum absolute atomic E-state index is 4.93. The van der Waals surface area contributed by atoms with Crippen molar-refractivity contribution in [2.24, 2.45) is 0 Å². The van der Waals surface area contributed by atoms with E-state index >= 15 is 0 Å². The number of hydrogen-bond donors (Lipinski definition) is 0. The van der Waals surface area contributed by atoms with Crippen LogP contribution in [-0.2, 0) is 9.47 Å². The van der Waals surface area contributed by atoms with Gasteiger partial charge in [0, 0.05) is 20.6 Å². The third-order valence-electron chi connectivity index (χ3n) is 1.16. The first-order valence-electron chi connectivity index (χ1n) is 3.35. The van der Waals surface area contributed by atoms with Gasteiger partial charge in [-0.2, -0.15) is 0 Å². The summed E-state index contributed by atoms with van der Waals surface area (Å²) in [6.07, 6.45) is 6.73. The van der Waals surface area contributed by atoms with Crippen molar-refractivity contribution in [3.8, 4) is 0 Å². The molecule has 0 saturated carbocycles. The third-order valence-corrected chi connectivity index (χ3v) is 1.16. The lowest BCUT2D eigenvalue weighted by molar-refractivity contribution is -0.0788. The zero-order valence-electron chi connectivity index (χ0n) is 6.83.